The first-order valence-electron chi connectivity index (χ1n) is 10.8. The number of ether oxygens (including phenoxy) is 4. The smallest absolute Gasteiger partial charge is 0.315 e. The lowest BCUT2D eigenvalue weighted by Crippen LogP contribution is -2.51. The Hall–Kier alpha value is -2.64. The highest BCUT2D eigenvalue weighted by molar-refractivity contribution is 6.12. The highest BCUT2D eigenvalue weighted by Gasteiger charge is 2.79. The van der Waals surface area contributed by atoms with Crippen LogP contribution in [0.5, 0.6) is 0 Å². The highest BCUT2D eigenvalue weighted by atomic mass is 16.6. The Labute approximate surface area is 182 Å². The van der Waals surface area contributed by atoms with E-state index < -0.39 is 29.2 Å². The van der Waals surface area contributed by atoms with Crippen molar-refractivity contribution < 1.29 is 28.5 Å². The van der Waals surface area contributed by atoms with E-state index in [1.54, 1.807) is 0 Å². The van der Waals surface area contributed by atoms with Crippen LogP contribution in [0.2, 0.25) is 0 Å². The van der Waals surface area contributed by atoms with Crippen LogP contribution in [0.25, 0.3) is 0 Å². The molecule has 2 saturated heterocycles. The quantitative estimate of drug-likeness (QED) is 0.505. The summed E-state index contributed by atoms with van der Waals surface area (Å²) >= 11 is 0. The summed E-state index contributed by atoms with van der Waals surface area (Å²) < 4.78 is 23.8. The predicted molar refractivity (Wildman–Crippen MR) is 114 cm³/mol. The molecule has 2 aromatic carbocycles. The van der Waals surface area contributed by atoms with Gasteiger partial charge in [-0.2, -0.15) is 0 Å². The molecule has 2 aliphatic heterocycles. The van der Waals surface area contributed by atoms with Crippen LogP contribution in [0.1, 0.15) is 30.4 Å². The van der Waals surface area contributed by atoms with E-state index in [9.17, 15) is 9.59 Å². The summed E-state index contributed by atoms with van der Waals surface area (Å²) in [5.74, 6) is -1.41. The molecule has 0 aromatic heterocycles. The maximum atomic E-state index is 13.2. The minimum Gasteiger partial charge on any atom is -0.461 e. The lowest BCUT2D eigenvalue weighted by atomic mass is 9.78. The van der Waals surface area contributed by atoms with Crippen molar-refractivity contribution in [2.45, 2.75) is 55.8 Å². The van der Waals surface area contributed by atoms with Crippen LogP contribution in [0, 0.1) is 5.92 Å². The van der Waals surface area contributed by atoms with Gasteiger partial charge in [-0.15, -0.1) is 0 Å². The van der Waals surface area contributed by atoms with Gasteiger partial charge in [0.1, 0.15) is 32.6 Å². The normalized spacial score (nSPS) is 29.6. The zero-order chi connectivity index (χ0) is 21.5. The molecule has 4 atom stereocenters. The maximum Gasteiger partial charge on any atom is 0.315 e. The van der Waals surface area contributed by atoms with E-state index in [2.05, 4.69) is 0 Å². The maximum absolute atomic E-state index is 13.2. The SMILES string of the molecule is B[C@@H]1O[C@]2(CC(=O)OCc3ccccc3)C(C(=O)OCc3ccccc3)C1OC21CC1. The average Bonchev–Trinajstić information content (AvgIpc) is 3.45. The van der Waals surface area contributed by atoms with Gasteiger partial charge in [-0.05, 0) is 24.0 Å². The van der Waals surface area contributed by atoms with Gasteiger partial charge in [-0.1, -0.05) is 60.7 Å². The van der Waals surface area contributed by atoms with E-state index in [1.165, 1.54) is 0 Å². The zero-order valence-electron chi connectivity index (χ0n) is 17.5. The molecule has 2 bridgehead atoms. The number of benzene rings is 2. The van der Waals surface area contributed by atoms with E-state index >= 15 is 0 Å². The highest BCUT2D eigenvalue weighted by Crippen LogP contribution is 2.66. The van der Waals surface area contributed by atoms with Crippen LogP contribution in [0.3, 0.4) is 0 Å². The van der Waals surface area contributed by atoms with Gasteiger partial charge in [0.25, 0.3) is 0 Å². The molecular formula is C24H25BO6. The molecule has 2 unspecified atom stereocenters. The van der Waals surface area contributed by atoms with Crippen molar-refractivity contribution in [3.8, 4) is 0 Å². The van der Waals surface area contributed by atoms with Crippen LogP contribution in [-0.2, 0) is 41.8 Å². The second-order valence-electron chi connectivity index (χ2n) is 8.68. The summed E-state index contributed by atoms with van der Waals surface area (Å²) in [5, 5.41) is 0. The standard InChI is InChI=1S/C24H25BO6/c25-21-20-19(22(27)29-15-17-9-5-2-6-10-17)24(31-21,23(30-20)11-12-23)13-18(26)28-14-16-7-3-1-4-8-16/h1-10,19-21H,11-15,25H2/t19?,20?,21-,24-/m1/s1. The Morgan fingerprint density at radius 3 is 2.06 bits per heavy atom. The van der Waals surface area contributed by atoms with Crippen molar-refractivity contribution in [1.29, 1.82) is 0 Å². The molecule has 1 saturated carbocycles. The van der Waals surface area contributed by atoms with Gasteiger partial charge >= 0.3 is 11.9 Å². The summed E-state index contributed by atoms with van der Waals surface area (Å²) in [6.45, 7) is 0.366. The minimum atomic E-state index is -1.03. The predicted octanol–water partition coefficient (Wildman–Crippen LogP) is 2.14. The molecule has 2 aromatic rings. The largest absolute Gasteiger partial charge is 0.461 e. The Kier molecular flexibility index (Phi) is 5.11. The zero-order valence-corrected chi connectivity index (χ0v) is 17.5. The summed E-state index contributed by atoms with van der Waals surface area (Å²) in [6, 6.07) is 18.8. The van der Waals surface area contributed by atoms with Gasteiger partial charge in [0, 0.05) is 0 Å². The third kappa shape index (κ3) is 3.56. The van der Waals surface area contributed by atoms with Crippen molar-refractivity contribution >= 4 is 19.8 Å². The first-order chi connectivity index (χ1) is 15.0. The Bertz CT molecular complexity index is 961. The number of rotatable bonds is 7. The van der Waals surface area contributed by atoms with Crippen molar-refractivity contribution in [3.63, 3.8) is 0 Å². The van der Waals surface area contributed by atoms with E-state index in [0.717, 1.165) is 24.0 Å². The molecule has 0 radical (unpaired) electrons. The average molecular weight is 420 g/mol. The fourth-order valence-corrected chi connectivity index (χ4v) is 5.04. The van der Waals surface area contributed by atoms with Gasteiger partial charge in [0.2, 0.25) is 0 Å². The van der Waals surface area contributed by atoms with E-state index in [1.807, 2.05) is 68.5 Å². The molecule has 0 amide bonds. The van der Waals surface area contributed by atoms with Gasteiger partial charge in [0.15, 0.2) is 0 Å². The molecule has 3 fully saturated rings. The molecule has 1 spiro atoms. The monoisotopic (exact) mass is 420 g/mol. The second-order valence-corrected chi connectivity index (χ2v) is 8.68. The van der Waals surface area contributed by atoms with E-state index in [-0.39, 0.29) is 31.6 Å². The Balaban J connectivity index is 1.31. The first-order valence-corrected chi connectivity index (χ1v) is 10.8. The molecule has 3 aliphatic rings. The van der Waals surface area contributed by atoms with Crippen LogP contribution in [0.15, 0.2) is 60.7 Å². The lowest BCUT2D eigenvalue weighted by molar-refractivity contribution is -0.191. The fraction of sp³-hybridized carbons (Fsp3) is 0.417. The van der Waals surface area contributed by atoms with Crippen LogP contribution in [-0.4, -0.2) is 43.1 Å². The number of hydrogen-bond donors (Lipinski definition) is 0. The molecule has 0 N–H and O–H groups in total. The number of hydrogen-bond acceptors (Lipinski definition) is 6. The number of carbonyl (C=O) groups excluding carboxylic acids is 2. The molecule has 7 heteroatoms. The fourth-order valence-electron chi connectivity index (χ4n) is 5.04. The topological polar surface area (TPSA) is 71.1 Å². The van der Waals surface area contributed by atoms with Gasteiger partial charge in [0.05, 0.1) is 24.1 Å². The summed E-state index contributed by atoms with van der Waals surface area (Å²) in [6.07, 6.45) is 1.11. The van der Waals surface area contributed by atoms with E-state index in [4.69, 9.17) is 18.9 Å². The van der Waals surface area contributed by atoms with Gasteiger partial charge < -0.3 is 18.9 Å². The summed E-state index contributed by atoms with van der Waals surface area (Å²) in [5.41, 5.74) is 0.202. The molecule has 1 aliphatic carbocycles. The molecule has 5 rings (SSSR count). The molecule has 6 nitrogen and oxygen atoms in total. The molecule has 160 valence electrons. The molecular weight excluding hydrogens is 395 g/mol. The second kappa shape index (κ2) is 7.81. The molecule has 31 heavy (non-hydrogen) atoms. The number of esters is 2. The Morgan fingerprint density at radius 1 is 0.903 bits per heavy atom. The third-order valence-corrected chi connectivity index (χ3v) is 6.65. The number of carbonyl (C=O) groups is 2. The number of fused-ring (bicyclic) bond motifs is 3. The summed E-state index contributed by atoms with van der Waals surface area (Å²) in [4.78, 5) is 26.0. The van der Waals surface area contributed by atoms with Gasteiger partial charge in [-0.25, -0.2) is 0 Å². The lowest BCUT2D eigenvalue weighted by Gasteiger charge is -2.37. The van der Waals surface area contributed by atoms with Crippen LogP contribution < -0.4 is 0 Å². The van der Waals surface area contributed by atoms with Crippen molar-refractivity contribution in [3.05, 3.63) is 71.8 Å². The van der Waals surface area contributed by atoms with Gasteiger partial charge in [-0.3, -0.25) is 9.59 Å². The minimum absolute atomic E-state index is 0.0220. The van der Waals surface area contributed by atoms with Crippen molar-refractivity contribution in [1.82, 2.24) is 0 Å². The first kappa shape index (κ1) is 20.3. The van der Waals surface area contributed by atoms with Crippen molar-refractivity contribution in [2.75, 3.05) is 0 Å². The van der Waals surface area contributed by atoms with Crippen LogP contribution >= 0.6 is 0 Å². The van der Waals surface area contributed by atoms with Crippen molar-refractivity contribution in [2.24, 2.45) is 5.92 Å². The third-order valence-electron chi connectivity index (χ3n) is 6.65. The molecule has 2 heterocycles. The Morgan fingerprint density at radius 2 is 1.48 bits per heavy atom. The summed E-state index contributed by atoms with van der Waals surface area (Å²) in [7, 11) is 1.88. The van der Waals surface area contributed by atoms with Crippen LogP contribution in [0.4, 0.5) is 0 Å². The van der Waals surface area contributed by atoms with E-state index in [0.29, 0.717) is 0 Å².